The van der Waals surface area contributed by atoms with Crippen molar-refractivity contribution in [3.05, 3.63) is 5.69 Å². The van der Waals surface area contributed by atoms with Crippen LogP contribution in [-0.4, -0.2) is 38.3 Å². The average Bonchev–Trinajstić information content (AvgIpc) is 2.73. The van der Waals surface area contributed by atoms with Gasteiger partial charge in [0.15, 0.2) is 0 Å². The molecule has 15 heavy (non-hydrogen) atoms. The Kier molecular flexibility index (Phi) is 2.74. The van der Waals surface area contributed by atoms with Gasteiger partial charge < -0.3 is 19.4 Å². The van der Waals surface area contributed by atoms with Gasteiger partial charge in [-0.05, 0) is 0 Å². The molecule has 1 aliphatic heterocycles. The minimum atomic E-state index is 0.321. The van der Waals surface area contributed by atoms with Crippen molar-refractivity contribution in [3.63, 3.8) is 0 Å². The van der Waals surface area contributed by atoms with Crippen molar-refractivity contribution in [2.75, 3.05) is 43.6 Å². The molecule has 0 atom stereocenters. The Morgan fingerprint density at radius 1 is 1.47 bits per heavy atom. The molecule has 0 unspecified atom stereocenters. The predicted molar refractivity (Wildman–Crippen MR) is 53.8 cm³/mol. The first-order chi connectivity index (χ1) is 7.35. The van der Waals surface area contributed by atoms with Crippen molar-refractivity contribution in [2.45, 2.75) is 0 Å². The number of oxazole rings is 1. The minimum absolute atomic E-state index is 0.321. The van der Waals surface area contributed by atoms with Gasteiger partial charge in [-0.2, -0.15) is 10.2 Å². The minimum Gasteiger partial charge on any atom is -0.406 e. The molecule has 0 bridgehead atoms. The normalized spacial score (nSPS) is 16.1. The fraction of sp³-hybridized carbons (Fsp3) is 0.556. The van der Waals surface area contributed by atoms with Crippen molar-refractivity contribution in [2.24, 2.45) is 0 Å². The fourth-order valence-electron chi connectivity index (χ4n) is 1.47. The summed E-state index contributed by atoms with van der Waals surface area (Å²) in [6, 6.07) is 2.39. The molecule has 1 aromatic rings. The lowest BCUT2D eigenvalue weighted by Crippen LogP contribution is -2.36. The number of nitriles is 1. The Morgan fingerprint density at radius 2 is 2.20 bits per heavy atom. The van der Waals surface area contributed by atoms with Crippen LogP contribution in [0.5, 0.6) is 0 Å². The van der Waals surface area contributed by atoms with E-state index in [0.29, 0.717) is 30.8 Å². The van der Waals surface area contributed by atoms with Crippen LogP contribution in [0.2, 0.25) is 0 Å². The van der Waals surface area contributed by atoms with Crippen LogP contribution in [0.1, 0.15) is 5.69 Å². The first-order valence-electron chi connectivity index (χ1n) is 4.76. The van der Waals surface area contributed by atoms with Crippen molar-refractivity contribution in [1.82, 2.24) is 4.98 Å². The Hall–Kier alpha value is -1.74. The maximum Gasteiger partial charge on any atom is 0.297 e. The molecule has 2 heterocycles. The highest BCUT2D eigenvalue weighted by molar-refractivity contribution is 5.51. The SMILES string of the molecule is CNc1nc(C#N)c(N2CCOCC2)o1. The summed E-state index contributed by atoms with van der Waals surface area (Å²) < 4.78 is 10.6. The first-order valence-corrected chi connectivity index (χ1v) is 4.76. The predicted octanol–water partition coefficient (Wildman–Crippen LogP) is 0.425. The summed E-state index contributed by atoms with van der Waals surface area (Å²) in [5.41, 5.74) is 0.321. The van der Waals surface area contributed by atoms with Gasteiger partial charge in [0, 0.05) is 20.1 Å². The van der Waals surface area contributed by atoms with Crippen LogP contribution >= 0.6 is 0 Å². The molecular weight excluding hydrogens is 196 g/mol. The number of nitrogens with zero attached hydrogens (tertiary/aromatic N) is 3. The van der Waals surface area contributed by atoms with Crippen molar-refractivity contribution < 1.29 is 9.15 Å². The first kappa shape index (κ1) is 9.80. The van der Waals surface area contributed by atoms with Crippen LogP contribution in [0, 0.1) is 11.3 Å². The van der Waals surface area contributed by atoms with Gasteiger partial charge in [-0.3, -0.25) is 0 Å². The van der Waals surface area contributed by atoms with Gasteiger partial charge in [-0.1, -0.05) is 0 Å². The molecule has 0 aliphatic carbocycles. The summed E-state index contributed by atoms with van der Waals surface area (Å²) in [5, 5.41) is 11.7. The number of nitrogens with one attached hydrogen (secondary N) is 1. The van der Waals surface area contributed by atoms with E-state index in [2.05, 4.69) is 10.3 Å². The number of morpholine rings is 1. The zero-order valence-corrected chi connectivity index (χ0v) is 8.49. The standard InChI is InChI=1S/C9H12N4O2/c1-11-9-12-7(6-10)8(15-9)13-2-4-14-5-3-13/h2-5H2,1H3,(H,11,12). The largest absolute Gasteiger partial charge is 0.406 e. The highest BCUT2D eigenvalue weighted by atomic mass is 16.5. The Bertz CT molecular complexity index is 376. The number of rotatable bonds is 2. The number of aromatic nitrogens is 1. The van der Waals surface area contributed by atoms with Gasteiger partial charge in [0.05, 0.1) is 13.2 Å². The van der Waals surface area contributed by atoms with E-state index in [1.165, 1.54) is 0 Å². The van der Waals surface area contributed by atoms with Crippen LogP contribution < -0.4 is 10.2 Å². The Labute approximate surface area is 87.4 Å². The summed E-state index contributed by atoms with van der Waals surface area (Å²) in [7, 11) is 1.70. The van der Waals surface area contributed by atoms with Crippen LogP contribution in [0.15, 0.2) is 4.42 Å². The molecule has 0 saturated carbocycles. The molecule has 6 nitrogen and oxygen atoms in total. The molecule has 1 N–H and O–H groups in total. The number of anilines is 2. The fourth-order valence-corrected chi connectivity index (χ4v) is 1.47. The summed E-state index contributed by atoms with van der Waals surface area (Å²) in [4.78, 5) is 5.97. The molecule has 2 rings (SSSR count). The van der Waals surface area contributed by atoms with Gasteiger partial charge in [-0.15, -0.1) is 0 Å². The Morgan fingerprint density at radius 3 is 2.80 bits per heavy atom. The summed E-state index contributed by atoms with van der Waals surface area (Å²) in [5.74, 6) is 0.533. The smallest absolute Gasteiger partial charge is 0.297 e. The van der Waals surface area contributed by atoms with Crippen molar-refractivity contribution in [1.29, 1.82) is 5.26 Å². The van der Waals surface area contributed by atoms with E-state index < -0.39 is 0 Å². The molecule has 0 aromatic carbocycles. The Balaban J connectivity index is 2.25. The summed E-state index contributed by atoms with van der Waals surface area (Å²) >= 11 is 0. The third-order valence-corrected chi connectivity index (χ3v) is 2.23. The number of hydrogen-bond acceptors (Lipinski definition) is 6. The van der Waals surface area contributed by atoms with E-state index >= 15 is 0 Å². The number of hydrogen-bond donors (Lipinski definition) is 1. The third-order valence-electron chi connectivity index (χ3n) is 2.23. The second-order valence-electron chi connectivity index (χ2n) is 3.13. The molecule has 6 heteroatoms. The molecule has 1 saturated heterocycles. The molecule has 1 fully saturated rings. The van der Waals surface area contributed by atoms with Crippen molar-refractivity contribution >= 4 is 11.9 Å². The van der Waals surface area contributed by atoms with Gasteiger partial charge in [0.1, 0.15) is 6.07 Å². The van der Waals surface area contributed by atoms with E-state index in [4.69, 9.17) is 14.4 Å². The highest BCUT2D eigenvalue weighted by Crippen LogP contribution is 2.24. The maximum atomic E-state index is 8.90. The van der Waals surface area contributed by atoms with E-state index in [1.54, 1.807) is 7.05 Å². The third kappa shape index (κ3) is 1.87. The molecule has 0 spiro atoms. The summed E-state index contributed by atoms with van der Waals surface area (Å²) in [6.45, 7) is 2.76. The quantitative estimate of drug-likeness (QED) is 0.759. The van der Waals surface area contributed by atoms with Gasteiger partial charge in [0.2, 0.25) is 11.6 Å². The van der Waals surface area contributed by atoms with Gasteiger partial charge in [-0.25, -0.2) is 0 Å². The summed E-state index contributed by atoms with van der Waals surface area (Å²) in [6.07, 6.45) is 0. The second kappa shape index (κ2) is 4.19. The molecule has 0 amide bonds. The van der Waals surface area contributed by atoms with Gasteiger partial charge >= 0.3 is 0 Å². The van der Waals surface area contributed by atoms with E-state index in [0.717, 1.165) is 13.1 Å². The monoisotopic (exact) mass is 208 g/mol. The molecule has 1 aromatic heterocycles. The molecule has 80 valence electrons. The zero-order valence-electron chi connectivity index (χ0n) is 8.49. The van der Waals surface area contributed by atoms with Crippen LogP contribution in [-0.2, 0) is 4.74 Å². The lowest BCUT2D eigenvalue weighted by Gasteiger charge is -2.25. The molecule has 0 radical (unpaired) electrons. The molecule has 1 aliphatic rings. The van der Waals surface area contributed by atoms with Gasteiger partial charge in [0.25, 0.3) is 6.01 Å². The zero-order chi connectivity index (χ0) is 10.7. The van der Waals surface area contributed by atoms with Crippen molar-refractivity contribution in [3.8, 4) is 6.07 Å². The highest BCUT2D eigenvalue weighted by Gasteiger charge is 2.20. The number of ether oxygens (including phenoxy) is 1. The maximum absolute atomic E-state index is 8.90. The average molecular weight is 208 g/mol. The van der Waals surface area contributed by atoms with E-state index in [1.807, 2.05) is 11.0 Å². The van der Waals surface area contributed by atoms with Crippen LogP contribution in [0.4, 0.5) is 11.9 Å². The lowest BCUT2D eigenvalue weighted by molar-refractivity contribution is 0.121. The lowest BCUT2D eigenvalue weighted by atomic mass is 10.4. The van der Waals surface area contributed by atoms with E-state index in [-0.39, 0.29) is 0 Å². The molecular formula is C9H12N4O2. The topological polar surface area (TPSA) is 74.3 Å². The second-order valence-corrected chi connectivity index (χ2v) is 3.13. The van der Waals surface area contributed by atoms with Crippen LogP contribution in [0.25, 0.3) is 0 Å². The van der Waals surface area contributed by atoms with E-state index in [9.17, 15) is 0 Å². The van der Waals surface area contributed by atoms with Crippen LogP contribution in [0.3, 0.4) is 0 Å².